The predicted molar refractivity (Wildman–Crippen MR) is 47.0 cm³/mol. The lowest BCUT2D eigenvalue weighted by atomic mass is 10.2. The fraction of sp³-hybridized carbons (Fsp3) is 0.273. The zero-order valence-corrected chi connectivity index (χ0v) is 6.72. The van der Waals surface area contributed by atoms with Crippen molar-refractivity contribution >= 4 is 0 Å². The smallest absolute Gasteiger partial charge is 0.0346 e. The molecule has 0 spiro atoms. The first kappa shape index (κ1) is 7.88. The number of benzene rings is 1. The Kier molecular flexibility index (Phi) is 3.28. The van der Waals surface area contributed by atoms with Gasteiger partial charge in [0.2, 0.25) is 0 Å². The van der Waals surface area contributed by atoms with Crippen molar-refractivity contribution in [2.45, 2.75) is 19.8 Å². The second kappa shape index (κ2) is 4.57. The van der Waals surface area contributed by atoms with Crippen molar-refractivity contribution in [1.82, 2.24) is 0 Å². The maximum atomic E-state index is 3.12. The summed E-state index contributed by atoms with van der Waals surface area (Å²) in [7, 11) is 0. The van der Waals surface area contributed by atoms with Crippen LogP contribution in [0, 0.1) is 17.9 Å². The zero-order valence-electron chi connectivity index (χ0n) is 6.72. The number of hydrogen-bond donors (Lipinski definition) is 0. The van der Waals surface area contributed by atoms with Crippen LogP contribution in [-0.4, -0.2) is 0 Å². The van der Waals surface area contributed by atoms with Gasteiger partial charge in [-0.05, 0) is 11.6 Å². The van der Waals surface area contributed by atoms with Gasteiger partial charge in [0.05, 0.1) is 0 Å². The Morgan fingerprint density at radius 3 is 2.91 bits per heavy atom. The molecule has 11 heavy (non-hydrogen) atoms. The molecule has 0 saturated heterocycles. The Balaban J connectivity index is 2.52. The first-order valence-corrected chi connectivity index (χ1v) is 3.85. The Hall–Kier alpha value is -1.22. The Bertz CT molecular complexity index is 248. The van der Waals surface area contributed by atoms with E-state index in [-0.39, 0.29) is 0 Å². The minimum Gasteiger partial charge on any atom is -0.103 e. The van der Waals surface area contributed by atoms with E-state index in [1.54, 1.807) is 0 Å². The summed E-state index contributed by atoms with van der Waals surface area (Å²) in [6, 6.07) is 11.1. The van der Waals surface area contributed by atoms with E-state index < -0.39 is 0 Å². The van der Waals surface area contributed by atoms with E-state index in [1.165, 1.54) is 5.56 Å². The molecule has 0 aliphatic carbocycles. The summed E-state index contributed by atoms with van der Waals surface area (Å²) in [5, 5.41) is 0. The van der Waals surface area contributed by atoms with E-state index in [4.69, 9.17) is 0 Å². The van der Waals surface area contributed by atoms with Crippen LogP contribution in [0.1, 0.15) is 18.9 Å². The topological polar surface area (TPSA) is 0 Å². The molecule has 0 amide bonds. The quantitative estimate of drug-likeness (QED) is 0.530. The van der Waals surface area contributed by atoms with Crippen LogP contribution in [0.3, 0.4) is 0 Å². The third-order valence-corrected chi connectivity index (χ3v) is 1.35. The lowest BCUT2D eigenvalue weighted by Gasteiger charge is -1.89. The van der Waals surface area contributed by atoms with Gasteiger partial charge in [-0.2, -0.15) is 0 Å². The van der Waals surface area contributed by atoms with E-state index in [9.17, 15) is 0 Å². The third-order valence-electron chi connectivity index (χ3n) is 1.35. The Morgan fingerprint density at radius 2 is 2.27 bits per heavy atom. The predicted octanol–water partition coefficient (Wildman–Crippen LogP) is 2.44. The number of hydrogen-bond acceptors (Lipinski definition) is 0. The number of rotatable bonds is 1. The summed E-state index contributed by atoms with van der Waals surface area (Å²) in [5.74, 6) is 6.10. The van der Waals surface area contributed by atoms with E-state index >= 15 is 0 Å². The molecule has 0 fully saturated rings. The van der Waals surface area contributed by atoms with Gasteiger partial charge in [-0.3, -0.25) is 0 Å². The van der Waals surface area contributed by atoms with Crippen LogP contribution in [0.5, 0.6) is 0 Å². The summed E-state index contributed by atoms with van der Waals surface area (Å²) in [6.45, 7) is 2.06. The summed E-state index contributed by atoms with van der Waals surface area (Å²) in [5.41, 5.74) is 1.17. The minimum absolute atomic E-state index is 0.828. The van der Waals surface area contributed by atoms with Crippen LogP contribution in [-0.2, 0) is 6.42 Å². The molecule has 0 aliphatic heterocycles. The van der Waals surface area contributed by atoms with Gasteiger partial charge in [-0.1, -0.05) is 37.1 Å². The van der Waals surface area contributed by atoms with Crippen LogP contribution in [0.4, 0.5) is 0 Å². The average Bonchev–Trinajstić information content (AvgIpc) is 2.07. The molecule has 0 heterocycles. The van der Waals surface area contributed by atoms with Crippen LogP contribution >= 0.6 is 0 Å². The van der Waals surface area contributed by atoms with Crippen molar-refractivity contribution in [2.24, 2.45) is 0 Å². The minimum atomic E-state index is 0.828. The van der Waals surface area contributed by atoms with E-state index in [2.05, 4.69) is 24.8 Å². The van der Waals surface area contributed by atoms with Gasteiger partial charge < -0.3 is 0 Å². The molecular weight excluding hydrogens is 132 g/mol. The average molecular weight is 143 g/mol. The standard InChI is InChI=1S/C11H11/c1-2-3-5-8-11-9-6-4-7-10-11/h4,6-7,9H,2,8H2,1H3. The first-order valence-electron chi connectivity index (χ1n) is 3.85. The third kappa shape index (κ3) is 2.91. The van der Waals surface area contributed by atoms with Gasteiger partial charge in [-0.25, -0.2) is 0 Å². The molecular formula is C11H11. The maximum Gasteiger partial charge on any atom is 0.0346 e. The zero-order chi connectivity index (χ0) is 7.94. The largest absolute Gasteiger partial charge is 0.103 e. The summed E-state index contributed by atoms with van der Waals surface area (Å²) in [6.07, 6.45) is 1.77. The molecule has 55 valence electrons. The van der Waals surface area contributed by atoms with Crippen molar-refractivity contribution < 1.29 is 0 Å². The molecule has 0 atom stereocenters. The molecule has 0 heteroatoms. The van der Waals surface area contributed by atoms with Gasteiger partial charge in [-0.15, -0.1) is 5.92 Å². The highest BCUT2D eigenvalue weighted by Gasteiger charge is 1.84. The molecule has 0 aromatic heterocycles. The van der Waals surface area contributed by atoms with Crippen molar-refractivity contribution in [3.05, 3.63) is 35.9 Å². The highest BCUT2D eigenvalue weighted by atomic mass is 13.9. The van der Waals surface area contributed by atoms with E-state index in [1.807, 2.05) is 24.3 Å². The molecule has 1 aromatic rings. The summed E-state index contributed by atoms with van der Waals surface area (Å²) < 4.78 is 0. The second-order valence-electron chi connectivity index (χ2n) is 2.27. The lowest BCUT2D eigenvalue weighted by molar-refractivity contribution is 1.25. The van der Waals surface area contributed by atoms with Gasteiger partial charge in [0.15, 0.2) is 0 Å². The van der Waals surface area contributed by atoms with Crippen LogP contribution < -0.4 is 0 Å². The fourth-order valence-corrected chi connectivity index (χ4v) is 0.823. The van der Waals surface area contributed by atoms with Crippen molar-refractivity contribution in [1.29, 1.82) is 0 Å². The van der Waals surface area contributed by atoms with Gasteiger partial charge >= 0.3 is 0 Å². The normalized spacial score (nSPS) is 8.45. The summed E-state index contributed by atoms with van der Waals surface area (Å²) >= 11 is 0. The van der Waals surface area contributed by atoms with Gasteiger partial charge in [0.25, 0.3) is 0 Å². The van der Waals surface area contributed by atoms with Crippen molar-refractivity contribution in [3.63, 3.8) is 0 Å². The lowest BCUT2D eigenvalue weighted by Crippen LogP contribution is -1.78. The van der Waals surface area contributed by atoms with E-state index in [0.29, 0.717) is 0 Å². The van der Waals surface area contributed by atoms with E-state index in [0.717, 1.165) is 12.8 Å². The van der Waals surface area contributed by atoms with Crippen LogP contribution in [0.25, 0.3) is 0 Å². The SMILES string of the molecule is CCC#CCc1[c]cccc1. The molecule has 1 rings (SSSR count). The van der Waals surface area contributed by atoms with Gasteiger partial charge in [0.1, 0.15) is 0 Å². The molecule has 0 nitrogen and oxygen atoms in total. The van der Waals surface area contributed by atoms with Crippen LogP contribution in [0.15, 0.2) is 24.3 Å². The molecule has 1 aromatic carbocycles. The highest BCUT2D eigenvalue weighted by molar-refractivity contribution is 5.19. The summed E-state index contributed by atoms with van der Waals surface area (Å²) in [4.78, 5) is 0. The monoisotopic (exact) mass is 143 g/mol. The molecule has 0 saturated carbocycles. The van der Waals surface area contributed by atoms with Crippen LogP contribution in [0.2, 0.25) is 0 Å². The molecule has 0 unspecified atom stereocenters. The Labute approximate surface area is 68.3 Å². The molecule has 0 N–H and O–H groups in total. The highest BCUT2D eigenvalue weighted by Crippen LogP contribution is 1.96. The van der Waals surface area contributed by atoms with Crippen molar-refractivity contribution in [3.8, 4) is 11.8 Å². The van der Waals surface area contributed by atoms with Crippen molar-refractivity contribution in [2.75, 3.05) is 0 Å². The molecule has 0 bridgehead atoms. The second-order valence-corrected chi connectivity index (χ2v) is 2.27. The Morgan fingerprint density at radius 1 is 1.36 bits per heavy atom. The van der Waals surface area contributed by atoms with Gasteiger partial charge in [0, 0.05) is 12.8 Å². The maximum absolute atomic E-state index is 3.12. The molecule has 0 aliphatic rings. The first-order chi connectivity index (χ1) is 5.43. The molecule has 1 radical (unpaired) electrons. The fourth-order valence-electron chi connectivity index (χ4n) is 0.823.